The number of halogens is 1. The first-order valence-electron chi connectivity index (χ1n) is 6.51. The molecule has 1 aliphatic rings. The van der Waals surface area contributed by atoms with E-state index in [-0.39, 0.29) is 0 Å². The van der Waals surface area contributed by atoms with Crippen LogP contribution in [0.3, 0.4) is 0 Å². The van der Waals surface area contributed by atoms with Crippen molar-refractivity contribution < 1.29 is 0 Å². The van der Waals surface area contributed by atoms with Crippen LogP contribution in [0.5, 0.6) is 0 Å². The van der Waals surface area contributed by atoms with Crippen molar-refractivity contribution in [1.82, 2.24) is 15.3 Å². The topological polar surface area (TPSA) is 44.0 Å². The van der Waals surface area contributed by atoms with Crippen LogP contribution in [0.4, 0.5) is 5.95 Å². The molecule has 1 saturated heterocycles. The van der Waals surface area contributed by atoms with Crippen molar-refractivity contribution in [3.8, 4) is 11.3 Å². The van der Waals surface area contributed by atoms with E-state index in [9.17, 15) is 0 Å². The Labute approximate surface area is 121 Å². The van der Waals surface area contributed by atoms with Gasteiger partial charge >= 0.3 is 0 Å². The maximum atomic E-state index is 4.51. The molecule has 4 nitrogen and oxygen atoms in total. The average Bonchev–Trinajstić information content (AvgIpc) is 2.92. The fourth-order valence-electron chi connectivity index (χ4n) is 2.37. The summed E-state index contributed by atoms with van der Waals surface area (Å²) in [4.78, 5) is 10.2. The molecule has 2 heterocycles. The first-order valence-corrected chi connectivity index (χ1v) is 7.30. The second kappa shape index (κ2) is 5.35. The van der Waals surface area contributed by atoms with Crippen molar-refractivity contribution >= 4 is 21.9 Å². The highest BCUT2D eigenvalue weighted by Gasteiger charge is 2.14. The number of hydrogen-bond donors (Lipinski definition) is 2. The normalized spacial score (nSPS) is 15.8. The molecule has 0 unspecified atom stereocenters. The van der Waals surface area contributed by atoms with Gasteiger partial charge in [-0.1, -0.05) is 22.0 Å². The molecular weight excluding hydrogens is 304 g/mol. The van der Waals surface area contributed by atoms with Crippen molar-refractivity contribution in [2.24, 2.45) is 0 Å². The van der Waals surface area contributed by atoms with Gasteiger partial charge in [-0.25, -0.2) is 4.98 Å². The van der Waals surface area contributed by atoms with E-state index in [1.807, 2.05) is 6.20 Å². The summed E-state index contributed by atoms with van der Waals surface area (Å²) in [5.74, 6) is 0.968. The molecule has 0 bridgehead atoms. The van der Waals surface area contributed by atoms with E-state index in [4.69, 9.17) is 0 Å². The van der Waals surface area contributed by atoms with Crippen LogP contribution < -0.4 is 10.2 Å². The fraction of sp³-hybridized carbons (Fsp3) is 0.357. The van der Waals surface area contributed by atoms with Gasteiger partial charge in [-0.2, -0.15) is 0 Å². The average molecular weight is 321 g/mol. The van der Waals surface area contributed by atoms with E-state index in [2.05, 4.69) is 61.2 Å². The second-order valence-corrected chi connectivity index (χ2v) is 5.73. The standard InChI is InChI=1S/C14H17BrN4/c1-10-2-3-11(15)8-12(10)13-9-17-14(18-13)19-6-4-16-5-7-19/h2-3,8-9,16H,4-7H2,1H3,(H,17,18). The van der Waals surface area contributed by atoms with Crippen LogP contribution in [0.2, 0.25) is 0 Å². The van der Waals surface area contributed by atoms with Gasteiger partial charge in [0.2, 0.25) is 5.95 Å². The summed E-state index contributed by atoms with van der Waals surface area (Å²) in [5, 5.41) is 3.35. The van der Waals surface area contributed by atoms with Gasteiger partial charge in [0.1, 0.15) is 0 Å². The highest BCUT2D eigenvalue weighted by molar-refractivity contribution is 9.10. The van der Waals surface area contributed by atoms with Gasteiger partial charge in [0.25, 0.3) is 0 Å². The number of aryl methyl sites for hydroxylation is 1. The Bertz CT molecular complexity index is 573. The predicted molar refractivity (Wildman–Crippen MR) is 81.5 cm³/mol. The first-order chi connectivity index (χ1) is 9.24. The van der Waals surface area contributed by atoms with Gasteiger partial charge in [-0.15, -0.1) is 0 Å². The molecule has 100 valence electrons. The predicted octanol–water partition coefficient (Wildman–Crippen LogP) is 2.56. The number of aromatic amines is 1. The zero-order valence-electron chi connectivity index (χ0n) is 10.9. The van der Waals surface area contributed by atoms with Crippen molar-refractivity contribution in [2.75, 3.05) is 31.1 Å². The minimum atomic E-state index is 0.968. The molecule has 0 atom stereocenters. The number of nitrogens with zero attached hydrogens (tertiary/aromatic N) is 2. The van der Waals surface area contributed by atoms with E-state index in [1.54, 1.807) is 0 Å². The maximum Gasteiger partial charge on any atom is 0.203 e. The number of benzene rings is 1. The molecular formula is C14H17BrN4. The second-order valence-electron chi connectivity index (χ2n) is 4.82. The van der Waals surface area contributed by atoms with E-state index >= 15 is 0 Å². The lowest BCUT2D eigenvalue weighted by Gasteiger charge is -2.26. The molecule has 2 N–H and O–H groups in total. The van der Waals surface area contributed by atoms with Gasteiger partial charge in [0.05, 0.1) is 11.9 Å². The third kappa shape index (κ3) is 2.67. The van der Waals surface area contributed by atoms with Crippen molar-refractivity contribution in [2.45, 2.75) is 6.92 Å². The molecule has 0 radical (unpaired) electrons. The molecule has 1 aromatic heterocycles. The maximum absolute atomic E-state index is 4.51. The van der Waals surface area contributed by atoms with Crippen molar-refractivity contribution in [3.63, 3.8) is 0 Å². The molecule has 0 aliphatic carbocycles. The van der Waals surface area contributed by atoms with Gasteiger partial charge < -0.3 is 15.2 Å². The molecule has 0 saturated carbocycles. The largest absolute Gasteiger partial charge is 0.340 e. The minimum absolute atomic E-state index is 0.968. The number of hydrogen-bond acceptors (Lipinski definition) is 3. The molecule has 1 aromatic carbocycles. The Morgan fingerprint density at radius 2 is 2.05 bits per heavy atom. The number of piperazine rings is 1. The summed E-state index contributed by atoms with van der Waals surface area (Å²) in [6.07, 6.45) is 1.92. The number of anilines is 1. The Hall–Kier alpha value is -1.33. The summed E-state index contributed by atoms with van der Waals surface area (Å²) >= 11 is 3.52. The SMILES string of the molecule is Cc1ccc(Br)cc1-c1cnc(N2CCNCC2)[nH]1. The van der Waals surface area contributed by atoms with Gasteiger partial charge in [-0.3, -0.25) is 0 Å². The molecule has 5 heteroatoms. The van der Waals surface area contributed by atoms with Crippen molar-refractivity contribution in [1.29, 1.82) is 0 Å². The number of imidazole rings is 1. The van der Waals surface area contributed by atoms with Crippen LogP contribution in [0.15, 0.2) is 28.9 Å². The van der Waals surface area contributed by atoms with Crippen LogP contribution in [-0.4, -0.2) is 36.1 Å². The minimum Gasteiger partial charge on any atom is -0.340 e. The molecule has 2 aromatic rings. The van der Waals surface area contributed by atoms with Crippen LogP contribution in [0.25, 0.3) is 11.3 Å². The smallest absolute Gasteiger partial charge is 0.203 e. The summed E-state index contributed by atoms with van der Waals surface area (Å²) < 4.78 is 1.09. The van der Waals surface area contributed by atoms with E-state index in [0.29, 0.717) is 0 Å². The Morgan fingerprint density at radius 1 is 1.26 bits per heavy atom. The lowest BCUT2D eigenvalue weighted by atomic mass is 10.1. The number of rotatable bonds is 2. The van der Waals surface area contributed by atoms with Gasteiger partial charge in [-0.05, 0) is 24.6 Å². The third-order valence-electron chi connectivity index (χ3n) is 3.47. The highest BCUT2D eigenvalue weighted by atomic mass is 79.9. The first kappa shape index (κ1) is 12.7. The van der Waals surface area contributed by atoms with E-state index in [0.717, 1.165) is 42.3 Å². The quantitative estimate of drug-likeness (QED) is 0.893. The summed E-state index contributed by atoms with van der Waals surface area (Å²) in [6.45, 7) is 6.17. The Balaban J connectivity index is 1.89. The van der Waals surface area contributed by atoms with E-state index in [1.165, 1.54) is 11.1 Å². The molecule has 1 fully saturated rings. The van der Waals surface area contributed by atoms with E-state index < -0.39 is 0 Å². The lowest BCUT2D eigenvalue weighted by Crippen LogP contribution is -2.44. The number of aromatic nitrogens is 2. The third-order valence-corrected chi connectivity index (χ3v) is 3.96. The number of nitrogens with one attached hydrogen (secondary N) is 2. The van der Waals surface area contributed by atoms with Gasteiger partial charge in [0, 0.05) is 36.2 Å². The molecule has 0 amide bonds. The molecule has 3 rings (SSSR count). The summed E-state index contributed by atoms with van der Waals surface area (Å²) in [6, 6.07) is 6.31. The monoisotopic (exact) mass is 320 g/mol. The molecule has 1 aliphatic heterocycles. The van der Waals surface area contributed by atoms with Crippen LogP contribution in [0.1, 0.15) is 5.56 Å². The lowest BCUT2D eigenvalue weighted by molar-refractivity contribution is 0.581. The summed E-state index contributed by atoms with van der Waals surface area (Å²) in [5.41, 5.74) is 3.52. The van der Waals surface area contributed by atoms with Crippen molar-refractivity contribution in [3.05, 3.63) is 34.4 Å². The fourth-order valence-corrected chi connectivity index (χ4v) is 2.73. The summed E-state index contributed by atoms with van der Waals surface area (Å²) in [7, 11) is 0. The zero-order valence-corrected chi connectivity index (χ0v) is 12.5. The van der Waals surface area contributed by atoms with Crippen LogP contribution in [-0.2, 0) is 0 Å². The molecule has 19 heavy (non-hydrogen) atoms. The number of H-pyrrole nitrogens is 1. The highest BCUT2D eigenvalue weighted by Crippen LogP contribution is 2.26. The van der Waals surface area contributed by atoms with Crippen LogP contribution in [0, 0.1) is 6.92 Å². The Morgan fingerprint density at radius 3 is 2.84 bits per heavy atom. The van der Waals surface area contributed by atoms with Crippen LogP contribution >= 0.6 is 15.9 Å². The van der Waals surface area contributed by atoms with Gasteiger partial charge in [0.15, 0.2) is 0 Å². The zero-order chi connectivity index (χ0) is 13.2. The Kier molecular flexibility index (Phi) is 3.57. The molecule has 0 spiro atoms.